The van der Waals surface area contributed by atoms with E-state index in [2.05, 4.69) is 75.7 Å². The smallest absolute Gasteiger partial charge is 0.335 e. The highest BCUT2D eigenvalue weighted by Gasteiger charge is 2.65. The van der Waals surface area contributed by atoms with Gasteiger partial charge < -0.3 is 22.6 Å². The minimum absolute atomic E-state index is 0.0498. The molecule has 4 heterocycles. The molecular formula is C27H47FN6O5Si2. The normalized spacial score (nSPS) is 27.9. The van der Waals surface area contributed by atoms with Crippen LogP contribution in [0.2, 0.25) is 22.2 Å². The molecule has 2 aliphatic heterocycles. The van der Waals surface area contributed by atoms with Gasteiger partial charge in [0.15, 0.2) is 28.9 Å². The molecule has 4 atom stereocenters. The maximum absolute atomic E-state index is 17.3. The second-order valence-electron chi connectivity index (χ2n) is 13.0. The number of amides is 1. The van der Waals surface area contributed by atoms with Crippen LogP contribution in [0.4, 0.5) is 16.2 Å². The number of nitrogens with zero attached hydrogens (tertiary/aromatic N) is 5. The predicted octanol–water partition coefficient (Wildman–Crippen LogP) is 5.43. The monoisotopic (exact) mass is 610 g/mol. The van der Waals surface area contributed by atoms with Gasteiger partial charge in [0.25, 0.3) is 0 Å². The molecular weight excluding hydrogens is 564 g/mol. The fourth-order valence-electron chi connectivity index (χ4n) is 6.25. The summed E-state index contributed by atoms with van der Waals surface area (Å²) >= 11 is 0. The van der Waals surface area contributed by atoms with Crippen molar-refractivity contribution in [2.75, 3.05) is 30.9 Å². The molecule has 0 radical (unpaired) electrons. The number of hydrogen-bond donors (Lipinski definition) is 1. The maximum Gasteiger partial charge on any atom is 0.335 e. The highest BCUT2D eigenvalue weighted by atomic mass is 28.5. The number of alkyl halides is 1. The Labute approximate surface area is 245 Å². The molecule has 230 valence electrons. The summed E-state index contributed by atoms with van der Waals surface area (Å²) in [4.78, 5) is 27.1. The summed E-state index contributed by atoms with van der Waals surface area (Å²) in [7, 11) is -2.24. The van der Waals surface area contributed by atoms with Crippen LogP contribution < -0.4 is 10.2 Å². The van der Waals surface area contributed by atoms with E-state index in [9.17, 15) is 4.79 Å². The third-order valence-corrected chi connectivity index (χ3v) is 18.6. The van der Waals surface area contributed by atoms with Gasteiger partial charge in [-0.05, 0) is 29.1 Å². The number of halogens is 1. The van der Waals surface area contributed by atoms with E-state index in [0.717, 1.165) is 0 Å². The van der Waals surface area contributed by atoms with Crippen molar-refractivity contribution in [3.05, 3.63) is 6.33 Å². The number of anilines is 2. The van der Waals surface area contributed by atoms with Crippen LogP contribution in [0, 0.1) is 0 Å². The molecule has 0 spiro atoms. The molecule has 0 aromatic carbocycles. The summed E-state index contributed by atoms with van der Waals surface area (Å²) in [6, 6.07) is 0. The molecule has 1 amide bonds. The van der Waals surface area contributed by atoms with Crippen LogP contribution >= 0.6 is 0 Å². The first kappa shape index (κ1) is 31.9. The lowest BCUT2D eigenvalue weighted by Gasteiger charge is -2.51. The number of hydrogen-bond acceptors (Lipinski definition) is 9. The van der Waals surface area contributed by atoms with Crippen LogP contribution in [0.25, 0.3) is 11.2 Å². The predicted molar refractivity (Wildman–Crippen MR) is 161 cm³/mol. The van der Waals surface area contributed by atoms with Gasteiger partial charge in [0.1, 0.15) is 12.2 Å². The first-order chi connectivity index (χ1) is 19.0. The van der Waals surface area contributed by atoms with Gasteiger partial charge in [-0.15, -0.1) is 0 Å². The molecule has 11 nitrogen and oxygen atoms in total. The van der Waals surface area contributed by atoms with Crippen LogP contribution in [0.1, 0.15) is 75.5 Å². The van der Waals surface area contributed by atoms with E-state index in [4.69, 9.17) is 17.7 Å². The average molecular weight is 611 g/mol. The van der Waals surface area contributed by atoms with E-state index in [-0.39, 0.29) is 40.6 Å². The largest absolute Gasteiger partial charge is 0.414 e. The molecule has 0 aliphatic carbocycles. The first-order valence-electron chi connectivity index (χ1n) is 14.5. The third kappa shape index (κ3) is 5.35. The summed E-state index contributed by atoms with van der Waals surface area (Å²) < 4.78 is 46.4. The Morgan fingerprint density at radius 1 is 1.07 bits per heavy atom. The topological polar surface area (TPSA) is 113 Å². The minimum atomic E-state index is -3.06. The molecule has 0 bridgehead atoms. The number of ether oxygens (including phenoxy) is 1. The molecule has 4 rings (SSSR count). The molecule has 14 heteroatoms. The second kappa shape index (κ2) is 11.3. The van der Waals surface area contributed by atoms with E-state index >= 15 is 4.39 Å². The maximum atomic E-state index is 17.3. The Morgan fingerprint density at radius 3 is 2.17 bits per heavy atom. The van der Waals surface area contributed by atoms with Crippen LogP contribution in [-0.4, -0.2) is 81.1 Å². The molecule has 0 saturated carbocycles. The van der Waals surface area contributed by atoms with Crippen molar-refractivity contribution in [2.45, 2.75) is 116 Å². The van der Waals surface area contributed by atoms with Crippen molar-refractivity contribution in [3.8, 4) is 0 Å². The Kier molecular flexibility index (Phi) is 8.78. The zero-order valence-electron chi connectivity index (χ0n) is 26.5. The Balaban J connectivity index is 1.85. The van der Waals surface area contributed by atoms with E-state index in [0.29, 0.717) is 17.0 Å². The van der Waals surface area contributed by atoms with Crippen molar-refractivity contribution < 1.29 is 26.9 Å². The standard InChI is InChI=1S/C27H47FN6O5Si2/c1-15(2)40(16(3)4)36-13-20-22(38-41(39-40,17(5)6)18(7)8)27(10,28)25(37-20)34-14-29-21-23(33(11)12)31-26(30-19(9)35)32-24(21)34/h14-18,20,22,25H,13H2,1-12H3,(H,30,31,32,35)/t20-,22-,25-,27-/m1/s1. The lowest BCUT2D eigenvalue weighted by molar-refractivity contribution is -0.114. The third-order valence-electron chi connectivity index (χ3n) is 8.37. The van der Waals surface area contributed by atoms with Crippen LogP contribution in [0.3, 0.4) is 0 Å². The molecule has 2 fully saturated rings. The fraction of sp³-hybridized carbons (Fsp3) is 0.778. The van der Waals surface area contributed by atoms with Gasteiger partial charge in [0, 0.05) is 21.0 Å². The molecule has 2 aromatic heterocycles. The molecule has 2 aliphatic rings. The number of carbonyl (C=O) groups is 1. The molecule has 1 N–H and O–H groups in total. The highest BCUT2D eigenvalue weighted by Crippen LogP contribution is 2.52. The SMILES string of the molecule is CC(=O)Nc1nc(N(C)C)c2ncn([C@@H]3O[C@@H]4CO[Si](C(C)C)(C(C)C)O[Si](C(C)C)(C(C)C)O[C@H]4[C@@]3(C)F)c2n1. The van der Waals surface area contributed by atoms with E-state index in [1.165, 1.54) is 20.2 Å². The quantitative estimate of drug-likeness (QED) is 0.410. The first-order valence-corrected chi connectivity index (χ1v) is 18.5. The van der Waals surface area contributed by atoms with Crippen LogP contribution in [0.5, 0.6) is 0 Å². The van der Waals surface area contributed by atoms with Crippen molar-refractivity contribution in [1.29, 1.82) is 0 Å². The summed E-state index contributed by atoms with van der Waals surface area (Å²) in [6.45, 7) is 20.1. The van der Waals surface area contributed by atoms with E-state index < -0.39 is 41.2 Å². The van der Waals surface area contributed by atoms with Crippen LogP contribution in [-0.2, 0) is 22.5 Å². The van der Waals surface area contributed by atoms with Gasteiger partial charge in [-0.1, -0.05) is 55.4 Å². The summed E-state index contributed by atoms with van der Waals surface area (Å²) in [6.07, 6.45) is -1.20. The zero-order chi connectivity index (χ0) is 30.7. The number of rotatable bonds is 7. The Bertz CT molecular complexity index is 1250. The minimum Gasteiger partial charge on any atom is -0.414 e. The van der Waals surface area contributed by atoms with Gasteiger partial charge in [-0.3, -0.25) is 14.7 Å². The van der Waals surface area contributed by atoms with Crippen molar-refractivity contribution in [1.82, 2.24) is 19.5 Å². The second-order valence-corrected chi connectivity index (χ2v) is 21.8. The van der Waals surface area contributed by atoms with E-state index in [1.54, 1.807) is 9.47 Å². The number of imidazole rings is 1. The van der Waals surface area contributed by atoms with E-state index in [1.807, 2.05) is 14.1 Å². The summed E-state index contributed by atoms with van der Waals surface area (Å²) in [5, 5.41) is 2.64. The van der Waals surface area contributed by atoms with Crippen molar-refractivity contribution >= 4 is 46.0 Å². The van der Waals surface area contributed by atoms with Gasteiger partial charge in [0.2, 0.25) is 11.9 Å². The zero-order valence-corrected chi connectivity index (χ0v) is 28.5. The molecule has 2 saturated heterocycles. The molecule has 2 aromatic rings. The van der Waals surface area contributed by atoms with Gasteiger partial charge in [-0.2, -0.15) is 9.97 Å². The van der Waals surface area contributed by atoms with Gasteiger partial charge in [0.05, 0.1) is 12.9 Å². The van der Waals surface area contributed by atoms with Gasteiger partial charge in [-0.25, -0.2) is 9.37 Å². The average Bonchev–Trinajstić information content (AvgIpc) is 3.35. The fourth-order valence-corrected chi connectivity index (χ4v) is 17.5. The Hall–Kier alpha value is -1.98. The van der Waals surface area contributed by atoms with Crippen LogP contribution in [0.15, 0.2) is 6.33 Å². The molecule has 0 unspecified atom stereocenters. The lowest BCUT2D eigenvalue weighted by Crippen LogP contribution is -2.66. The lowest BCUT2D eigenvalue weighted by atomic mass is 9.98. The number of nitrogens with one attached hydrogen (secondary N) is 1. The van der Waals surface area contributed by atoms with Crippen molar-refractivity contribution in [2.24, 2.45) is 0 Å². The molecule has 41 heavy (non-hydrogen) atoms. The number of aromatic nitrogens is 4. The highest BCUT2D eigenvalue weighted by molar-refractivity contribution is 6.84. The Morgan fingerprint density at radius 2 is 1.66 bits per heavy atom. The number of fused-ring (bicyclic) bond motifs is 2. The van der Waals surface area contributed by atoms with Crippen molar-refractivity contribution in [3.63, 3.8) is 0 Å². The summed E-state index contributed by atoms with van der Waals surface area (Å²) in [5.74, 6) is 0.276. The summed E-state index contributed by atoms with van der Waals surface area (Å²) in [5.41, 5.74) is -0.757. The number of carbonyl (C=O) groups excluding carboxylic acids is 1. The van der Waals surface area contributed by atoms with Gasteiger partial charge >= 0.3 is 17.1 Å².